The van der Waals surface area contributed by atoms with Crippen LogP contribution >= 0.6 is 0 Å². The van der Waals surface area contributed by atoms with E-state index in [1.807, 2.05) is 14.1 Å². The van der Waals surface area contributed by atoms with Crippen LogP contribution in [0.3, 0.4) is 0 Å². The molecule has 5 nitrogen and oxygen atoms in total. The molecule has 2 unspecified atom stereocenters. The van der Waals surface area contributed by atoms with E-state index in [1.165, 1.54) is 11.1 Å². The minimum atomic E-state index is -0.148. The van der Waals surface area contributed by atoms with Crippen molar-refractivity contribution in [3.8, 4) is 0 Å². The predicted octanol–water partition coefficient (Wildman–Crippen LogP) is 2.72. The van der Waals surface area contributed by atoms with Gasteiger partial charge in [-0.3, -0.25) is 0 Å². The van der Waals surface area contributed by atoms with Gasteiger partial charge in [-0.15, -0.1) is 0 Å². The standard InChI is InChI=1S/C19H31N3O2/c1-6-14-7-9-15(10-8-14)17(22(4)5)12-20-18(23)21-16-11-19(2,3)24-13-16/h7-10,16-17H,6,11-13H2,1-5H3,(H2,20,21,23). The second-order valence-electron chi connectivity index (χ2n) is 7.40. The normalized spacial score (nSPS) is 20.8. The first-order chi connectivity index (χ1) is 11.3. The lowest BCUT2D eigenvalue weighted by Gasteiger charge is -2.25. The lowest BCUT2D eigenvalue weighted by atomic mass is 10.0. The molecule has 0 spiro atoms. The number of rotatable bonds is 6. The zero-order chi connectivity index (χ0) is 17.7. The Labute approximate surface area is 145 Å². The van der Waals surface area contributed by atoms with Crippen LogP contribution in [0.25, 0.3) is 0 Å². The minimum Gasteiger partial charge on any atom is -0.373 e. The number of benzene rings is 1. The van der Waals surface area contributed by atoms with Crippen LogP contribution in [0.15, 0.2) is 24.3 Å². The average Bonchev–Trinajstić information content (AvgIpc) is 2.86. The predicted molar refractivity (Wildman–Crippen MR) is 97.2 cm³/mol. The molecule has 0 saturated carbocycles. The van der Waals surface area contributed by atoms with Gasteiger partial charge in [0.2, 0.25) is 0 Å². The van der Waals surface area contributed by atoms with Crippen molar-refractivity contribution in [2.75, 3.05) is 27.2 Å². The van der Waals surface area contributed by atoms with E-state index in [4.69, 9.17) is 4.74 Å². The highest BCUT2D eigenvalue weighted by molar-refractivity contribution is 5.74. The van der Waals surface area contributed by atoms with Crippen molar-refractivity contribution in [1.29, 1.82) is 0 Å². The number of aryl methyl sites for hydroxylation is 1. The van der Waals surface area contributed by atoms with Gasteiger partial charge in [0.1, 0.15) is 0 Å². The van der Waals surface area contributed by atoms with E-state index in [0.717, 1.165) is 12.8 Å². The van der Waals surface area contributed by atoms with Crippen molar-refractivity contribution in [1.82, 2.24) is 15.5 Å². The van der Waals surface area contributed by atoms with Crippen molar-refractivity contribution in [2.45, 2.75) is 51.3 Å². The van der Waals surface area contributed by atoms with Crippen molar-refractivity contribution in [2.24, 2.45) is 0 Å². The van der Waals surface area contributed by atoms with Gasteiger partial charge in [-0.1, -0.05) is 31.2 Å². The van der Waals surface area contributed by atoms with Gasteiger partial charge in [-0.2, -0.15) is 0 Å². The summed E-state index contributed by atoms with van der Waals surface area (Å²) in [6.45, 7) is 7.40. The molecule has 2 N–H and O–H groups in total. The Morgan fingerprint density at radius 2 is 2.00 bits per heavy atom. The molecule has 0 aliphatic carbocycles. The van der Waals surface area contributed by atoms with E-state index >= 15 is 0 Å². The summed E-state index contributed by atoms with van der Waals surface area (Å²) in [5, 5.41) is 6.00. The van der Waals surface area contributed by atoms with Crippen LogP contribution in [-0.4, -0.2) is 49.8 Å². The maximum atomic E-state index is 12.2. The number of amides is 2. The summed E-state index contributed by atoms with van der Waals surface area (Å²) in [7, 11) is 4.07. The quantitative estimate of drug-likeness (QED) is 0.842. The third-order valence-corrected chi connectivity index (χ3v) is 4.60. The van der Waals surface area contributed by atoms with Gasteiger partial charge in [0.25, 0.3) is 0 Å². The molecule has 134 valence electrons. The Hall–Kier alpha value is -1.59. The van der Waals surface area contributed by atoms with Gasteiger partial charge >= 0.3 is 6.03 Å². The van der Waals surface area contributed by atoms with E-state index in [9.17, 15) is 4.79 Å². The number of hydrogen-bond donors (Lipinski definition) is 2. The molecule has 0 bridgehead atoms. The molecular weight excluding hydrogens is 302 g/mol. The molecule has 1 aromatic rings. The molecule has 1 fully saturated rings. The second-order valence-corrected chi connectivity index (χ2v) is 7.40. The van der Waals surface area contributed by atoms with Crippen molar-refractivity contribution in [3.05, 3.63) is 35.4 Å². The highest BCUT2D eigenvalue weighted by atomic mass is 16.5. The number of carbonyl (C=O) groups excluding carboxylic acids is 1. The molecule has 0 radical (unpaired) electrons. The fourth-order valence-electron chi connectivity index (χ4n) is 3.13. The molecule has 0 aromatic heterocycles. The smallest absolute Gasteiger partial charge is 0.315 e. The highest BCUT2D eigenvalue weighted by Gasteiger charge is 2.32. The Morgan fingerprint density at radius 3 is 2.50 bits per heavy atom. The molecule has 5 heteroatoms. The monoisotopic (exact) mass is 333 g/mol. The molecule has 1 saturated heterocycles. The van der Waals surface area contributed by atoms with Crippen LogP contribution < -0.4 is 10.6 Å². The second kappa shape index (κ2) is 7.99. The van der Waals surface area contributed by atoms with Gasteiger partial charge < -0.3 is 20.3 Å². The number of hydrogen-bond acceptors (Lipinski definition) is 3. The van der Waals surface area contributed by atoms with Gasteiger partial charge in [-0.05, 0) is 51.9 Å². The first-order valence-electron chi connectivity index (χ1n) is 8.74. The summed E-state index contributed by atoms with van der Waals surface area (Å²) >= 11 is 0. The Bertz CT molecular complexity index is 540. The first kappa shape index (κ1) is 18.7. The fourth-order valence-corrected chi connectivity index (χ4v) is 3.13. The maximum absolute atomic E-state index is 12.2. The number of carbonyl (C=O) groups is 1. The van der Waals surface area contributed by atoms with Crippen LogP contribution in [0.2, 0.25) is 0 Å². The Balaban J connectivity index is 1.87. The van der Waals surface area contributed by atoms with E-state index < -0.39 is 0 Å². The molecule has 1 aromatic carbocycles. The summed E-state index contributed by atoms with van der Waals surface area (Å²) in [6.07, 6.45) is 1.88. The third kappa shape index (κ3) is 5.21. The summed E-state index contributed by atoms with van der Waals surface area (Å²) in [5.41, 5.74) is 2.39. The topological polar surface area (TPSA) is 53.6 Å². The minimum absolute atomic E-state index is 0.0849. The number of ether oxygens (including phenoxy) is 1. The summed E-state index contributed by atoms with van der Waals surface area (Å²) in [5.74, 6) is 0. The Kier molecular flexibility index (Phi) is 6.24. The maximum Gasteiger partial charge on any atom is 0.315 e. The van der Waals surface area contributed by atoms with Crippen molar-refractivity contribution in [3.63, 3.8) is 0 Å². The zero-order valence-electron chi connectivity index (χ0n) is 15.6. The SMILES string of the molecule is CCc1ccc(C(CNC(=O)NC2COC(C)(C)C2)N(C)C)cc1. The van der Waals surface area contributed by atoms with Crippen molar-refractivity contribution < 1.29 is 9.53 Å². The van der Waals surface area contributed by atoms with Gasteiger partial charge in [-0.25, -0.2) is 4.79 Å². The first-order valence-corrected chi connectivity index (χ1v) is 8.74. The Morgan fingerprint density at radius 1 is 1.33 bits per heavy atom. The summed E-state index contributed by atoms with van der Waals surface area (Å²) in [6, 6.07) is 8.72. The molecule has 2 atom stereocenters. The lowest BCUT2D eigenvalue weighted by molar-refractivity contribution is 0.0358. The van der Waals surface area contributed by atoms with Gasteiger partial charge in [0.15, 0.2) is 0 Å². The number of likely N-dealkylation sites (N-methyl/N-ethyl adjacent to an activating group) is 1. The molecule has 1 aliphatic rings. The van der Waals surface area contributed by atoms with Crippen LogP contribution in [0, 0.1) is 0 Å². The summed E-state index contributed by atoms with van der Waals surface area (Å²) in [4.78, 5) is 14.3. The molecule has 24 heavy (non-hydrogen) atoms. The zero-order valence-corrected chi connectivity index (χ0v) is 15.6. The van der Waals surface area contributed by atoms with Crippen LogP contribution in [-0.2, 0) is 11.2 Å². The number of nitrogens with zero attached hydrogens (tertiary/aromatic N) is 1. The van der Waals surface area contributed by atoms with E-state index in [2.05, 4.69) is 60.6 Å². The number of nitrogens with one attached hydrogen (secondary N) is 2. The molecular formula is C19H31N3O2. The van der Waals surface area contributed by atoms with E-state index in [-0.39, 0.29) is 23.7 Å². The number of urea groups is 1. The van der Waals surface area contributed by atoms with Crippen LogP contribution in [0.1, 0.15) is 44.4 Å². The molecule has 2 amide bonds. The third-order valence-electron chi connectivity index (χ3n) is 4.60. The highest BCUT2D eigenvalue weighted by Crippen LogP contribution is 2.24. The van der Waals surface area contributed by atoms with Crippen molar-refractivity contribution >= 4 is 6.03 Å². The van der Waals surface area contributed by atoms with Crippen LogP contribution in [0.5, 0.6) is 0 Å². The van der Waals surface area contributed by atoms with E-state index in [0.29, 0.717) is 13.2 Å². The molecule has 2 rings (SSSR count). The molecule has 1 aliphatic heterocycles. The summed E-state index contributed by atoms with van der Waals surface area (Å²) < 4.78 is 5.66. The van der Waals surface area contributed by atoms with Gasteiger partial charge in [0.05, 0.1) is 24.3 Å². The average molecular weight is 333 g/mol. The lowest BCUT2D eigenvalue weighted by Crippen LogP contribution is -2.45. The van der Waals surface area contributed by atoms with Crippen LogP contribution in [0.4, 0.5) is 4.79 Å². The largest absolute Gasteiger partial charge is 0.373 e. The molecule has 1 heterocycles. The van der Waals surface area contributed by atoms with Gasteiger partial charge in [0, 0.05) is 6.54 Å². The van der Waals surface area contributed by atoms with E-state index in [1.54, 1.807) is 0 Å². The fraction of sp³-hybridized carbons (Fsp3) is 0.632.